The summed E-state index contributed by atoms with van der Waals surface area (Å²) in [6.07, 6.45) is -0.837. The minimum atomic E-state index is -0.837. The van der Waals surface area contributed by atoms with E-state index < -0.39 is 6.10 Å². The fourth-order valence-corrected chi connectivity index (χ4v) is 2.46. The molecule has 0 aromatic heterocycles. The van der Waals surface area contributed by atoms with Crippen molar-refractivity contribution in [1.29, 1.82) is 0 Å². The van der Waals surface area contributed by atoms with Crippen LogP contribution in [0.4, 0.5) is 10.5 Å². The Hall–Kier alpha value is -2.53. The molecule has 0 spiro atoms. The monoisotopic (exact) mass is 314 g/mol. The average molecular weight is 314 g/mol. The molecule has 0 heterocycles. The highest BCUT2D eigenvalue weighted by Crippen LogP contribution is 2.24. The predicted molar refractivity (Wildman–Crippen MR) is 90.9 cm³/mol. The molecule has 0 bridgehead atoms. The molecule has 3 N–H and O–H groups in total. The average Bonchev–Trinajstić information content (AvgIpc) is 2.51. The first-order chi connectivity index (χ1) is 11.0. The lowest BCUT2D eigenvalue weighted by Gasteiger charge is -2.16. The quantitative estimate of drug-likeness (QED) is 0.794. The van der Waals surface area contributed by atoms with Crippen molar-refractivity contribution in [2.24, 2.45) is 0 Å². The Kier molecular flexibility index (Phi) is 5.60. The Labute approximate surface area is 136 Å². The number of hydrogen-bond acceptors (Lipinski definition) is 3. The fraction of sp³-hybridized carbons (Fsp3) is 0.278. The van der Waals surface area contributed by atoms with Crippen LogP contribution in [0, 0.1) is 13.8 Å². The third kappa shape index (κ3) is 4.72. The van der Waals surface area contributed by atoms with Crippen LogP contribution < -0.4 is 15.4 Å². The van der Waals surface area contributed by atoms with Gasteiger partial charge >= 0.3 is 6.03 Å². The topological polar surface area (TPSA) is 70.6 Å². The number of urea groups is 1. The summed E-state index contributed by atoms with van der Waals surface area (Å²) in [5, 5.41) is 15.6. The van der Waals surface area contributed by atoms with Crippen LogP contribution in [0.1, 0.15) is 22.8 Å². The lowest BCUT2D eigenvalue weighted by atomic mass is 10.1. The molecule has 23 heavy (non-hydrogen) atoms. The van der Waals surface area contributed by atoms with Crippen LogP contribution in [0.15, 0.2) is 42.5 Å². The third-order valence-corrected chi connectivity index (χ3v) is 3.43. The second kappa shape index (κ2) is 7.65. The molecule has 1 atom stereocenters. The van der Waals surface area contributed by atoms with Crippen molar-refractivity contribution >= 4 is 11.7 Å². The van der Waals surface area contributed by atoms with Crippen molar-refractivity contribution in [2.45, 2.75) is 20.0 Å². The molecule has 0 aliphatic carbocycles. The van der Waals surface area contributed by atoms with Gasteiger partial charge in [0.15, 0.2) is 0 Å². The Morgan fingerprint density at radius 2 is 1.83 bits per heavy atom. The number of rotatable bonds is 5. The zero-order valence-electron chi connectivity index (χ0n) is 13.6. The molecule has 0 fully saturated rings. The number of benzene rings is 2. The molecule has 2 amide bonds. The summed E-state index contributed by atoms with van der Waals surface area (Å²) in [4.78, 5) is 12.0. The molecule has 0 aliphatic heterocycles. The molecule has 5 nitrogen and oxygen atoms in total. The second-order valence-electron chi connectivity index (χ2n) is 5.47. The number of aliphatic hydroxyl groups is 1. The zero-order valence-corrected chi connectivity index (χ0v) is 13.6. The lowest BCUT2D eigenvalue weighted by Crippen LogP contribution is -2.32. The SMILES string of the molecule is COc1ccccc1[C@H](O)CNC(=O)Nc1cc(C)cc(C)c1. The predicted octanol–water partition coefficient (Wildman–Crippen LogP) is 3.17. The van der Waals surface area contributed by atoms with Crippen LogP contribution in [-0.4, -0.2) is 24.8 Å². The number of ether oxygens (including phenoxy) is 1. The van der Waals surface area contributed by atoms with E-state index in [0.29, 0.717) is 11.3 Å². The van der Waals surface area contributed by atoms with Crippen molar-refractivity contribution < 1.29 is 14.6 Å². The standard InChI is InChI=1S/C18H22N2O3/c1-12-8-13(2)10-14(9-12)20-18(22)19-11-16(21)15-6-4-5-7-17(15)23-3/h4-10,16,21H,11H2,1-3H3,(H2,19,20,22)/t16-/m1/s1. The smallest absolute Gasteiger partial charge is 0.319 e. The summed E-state index contributed by atoms with van der Waals surface area (Å²) in [6.45, 7) is 4.04. The Morgan fingerprint density at radius 3 is 2.48 bits per heavy atom. The van der Waals surface area contributed by atoms with Gasteiger partial charge in [0.1, 0.15) is 5.75 Å². The van der Waals surface area contributed by atoms with Crippen molar-refractivity contribution in [1.82, 2.24) is 5.32 Å². The maximum absolute atomic E-state index is 12.0. The first-order valence-corrected chi connectivity index (χ1v) is 7.43. The van der Waals surface area contributed by atoms with Gasteiger partial charge in [0.25, 0.3) is 0 Å². The van der Waals surface area contributed by atoms with Crippen molar-refractivity contribution in [3.05, 3.63) is 59.2 Å². The number of carbonyl (C=O) groups is 1. The number of methoxy groups -OCH3 is 1. The van der Waals surface area contributed by atoms with E-state index in [0.717, 1.165) is 16.8 Å². The molecule has 122 valence electrons. The summed E-state index contributed by atoms with van der Waals surface area (Å²) in [5.74, 6) is 0.594. The molecule has 2 aromatic carbocycles. The van der Waals surface area contributed by atoms with Crippen LogP contribution in [-0.2, 0) is 0 Å². The maximum atomic E-state index is 12.0. The van der Waals surface area contributed by atoms with Gasteiger partial charge in [-0.25, -0.2) is 4.79 Å². The molecular formula is C18H22N2O3. The highest BCUT2D eigenvalue weighted by Gasteiger charge is 2.13. The van der Waals surface area contributed by atoms with E-state index in [1.165, 1.54) is 0 Å². The maximum Gasteiger partial charge on any atom is 0.319 e. The van der Waals surface area contributed by atoms with Crippen molar-refractivity contribution in [3.8, 4) is 5.75 Å². The number of aliphatic hydroxyl groups excluding tert-OH is 1. The van der Waals surface area contributed by atoms with Gasteiger partial charge in [0.05, 0.1) is 13.2 Å². The normalized spacial score (nSPS) is 11.7. The van der Waals surface area contributed by atoms with Crippen LogP contribution >= 0.6 is 0 Å². The second-order valence-corrected chi connectivity index (χ2v) is 5.47. The summed E-state index contributed by atoms with van der Waals surface area (Å²) in [5.41, 5.74) is 3.53. The van der Waals surface area contributed by atoms with Crippen LogP contribution in [0.3, 0.4) is 0 Å². The van der Waals surface area contributed by atoms with Gasteiger partial charge in [0.2, 0.25) is 0 Å². The highest BCUT2D eigenvalue weighted by molar-refractivity contribution is 5.89. The van der Waals surface area contributed by atoms with Crippen LogP contribution in [0.5, 0.6) is 5.75 Å². The van der Waals surface area contributed by atoms with Crippen LogP contribution in [0.2, 0.25) is 0 Å². The van der Waals surface area contributed by atoms with E-state index >= 15 is 0 Å². The van der Waals surface area contributed by atoms with E-state index in [9.17, 15) is 9.90 Å². The van der Waals surface area contributed by atoms with E-state index in [2.05, 4.69) is 10.6 Å². The molecule has 5 heteroatoms. The third-order valence-electron chi connectivity index (χ3n) is 3.43. The number of amides is 2. The van der Waals surface area contributed by atoms with E-state index in [4.69, 9.17) is 4.74 Å². The van der Waals surface area contributed by atoms with Crippen molar-refractivity contribution in [3.63, 3.8) is 0 Å². The van der Waals surface area contributed by atoms with E-state index in [1.807, 2.05) is 44.2 Å². The van der Waals surface area contributed by atoms with Gasteiger partial charge in [-0.3, -0.25) is 0 Å². The minimum absolute atomic E-state index is 0.0943. The summed E-state index contributed by atoms with van der Waals surface area (Å²) in [6, 6.07) is 12.7. The van der Waals surface area contributed by atoms with Gasteiger partial charge in [-0.15, -0.1) is 0 Å². The Morgan fingerprint density at radius 1 is 1.17 bits per heavy atom. The molecule has 0 aliphatic rings. The van der Waals surface area contributed by atoms with Crippen molar-refractivity contribution in [2.75, 3.05) is 19.0 Å². The number of aryl methyl sites for hydroxylation is 2. The van der Waals surface area contributed by atoms with Gasteiger partial charge in [-0.2, -0.15) is 0 Å². The zero-order chi connectivity index (χ0) is 16.8. The number of carbonyl (C=O) groups excluding carboxylic acids is 1. The number of para-hydroxylation sites is 1. The molecule has 2 rings (SSSR count). The van der Waals surface area contributed by atoms with Gasteiger partial charge in [0, 0.05) is 17.8 Å². The minimum Gasteiger partial charge on any atom is -0.496 e. The summed E-state index contributed by atoms with van der Waals surface area (Å²) >= 11 is 0. The first kappa shape index (κ1) is 16.8. The summed E-state index contributed by atoms with van der Waals surface area (Å²) in [7, 11) is 1.55. The largest absolute Gasteiger partial charge is 0.496 e. The van der Waals surface area contributed by atoms with Gasteiger partial charge in [-0.05, 0) is 43.2 Å². The molecular weight excluding hydrogens is 292 g/mol. The Balaban J connectivity index is 1.93. The Bertz CT molecular complexity index is 665. The number of anilines is 1. The molecule has 0 saturated heterocycles. The van der Waals surface area contributed by atoms with Gasteiger partial charge in [-0.1, -0.05) is 24.3 Å². The molecule has 0 saturated carbocycles. The molecule has 2 aromatic rings. The highest BCUT2D eigenvalue weighted by atomic mass is 16.5. The first-order valence-electron chi connectivity index (χ1n) is 7.43. The van der Waals surface area contributed by atoms with E-state index in [-0.39, 0.29) is 12.6 Å². The van der Waals surface area contributed by atoms with Gasteiger partial charge < -0.3 is 20.5 Å². The molecule has 0 unspecified atom stereocenters. The summed E-state index contributed by atoms with van der Waals surface area (Å²) < 4.78 is 5.21. The fourth-order valence-electron chi connectivity index (χ4n) is 2.46. The van der Waals surface area contributed by atoms with Crippen LogP contribution in [0.25, 0.3) is 0 Å². The molecule has 0 radical (unpaired) electrons. The number of nitrogens with one attached hydrogen (secondary N) is 2. The van der Waals surface area contributed by atoms with E-state index in [1.54, 1.807) is 19.2 Å². The lowest BCUT2D eigenvalue weighted by molar-refractivity contribution is 0.171. The number of hydrogen-bond donors (Lipinski definition) is 3.